The molecule has 1 aliphatic rings. The van der Waals surface area contributed by atoms with Gasteiger partial charge >= 0.3 is 0 Å². The van der Waals surface area contributed by atoms with Crippen LogP contribution < -0.4 is 19.5 Å². The number of ether oxygens (including phenoxy) is 3. The van der Waals surface area contributed by atoms with Crippen LogP contribution in [0.25, 0.3) is 0 Å². The molecule has 7 nitrogen and oxygen atoms in total. The molecule has 2 amide bonds. The summed E-state index contributed by atoms with van der Waals surface area (Å²) in [6.07, 6.45) is 2.51. The minimum atomic E-state index is -0.535. The van der Waals surface area contributed by atoms with Crippen LogP contribution in [0.5, 0.6) is 28.7 Å². The number of nitrogens with one attached hydrogen (secondary N) is 1. The molecule has 3 aromatic carbocycles. The van der Waals surface area contributed by atoms with Gasteiger partial charge in [0.1, 0.15) is 34.0 Å². The van der Waals surface area contributed by atoms with Crippen LogP contribution in [0, 0.1) is 0 Å². The monoisotopic (exact) mass is 493 g/mol. The number of imide groups is 1. The van der Waals surface area contributed by atoms with Crippen molar-refractivity contribution in [1.82, 2.24) is 5.32 Å². The fraction of sp³-hybridized carbons (Fsp3) is 0.259. The van der Waals surface area contributed by atoms with Crippen molar-refractivity contribution < 1.29 is 28.9 Å². The number of carbonyl (C=O) groups excluding carboxylic acids is 2. The topological polar surface area (TPSA) is 94.1 Å². The summed E-state index contributed by atoms with van der Waals surface area (Å²) in [5.41, 5.74) is 1.81. The standard InChI is InChI=1S/C27H27NO6S/c1-2-5-18-16-23(34-21-10-8-20(29)9-11-21)12-13-24(18)33-15-4-14-32-22-7-3-6-19(17-22)25-26(30)28-27(31)35-25/h3,6-13,16-17,25,29H,2,4-5,14-15H2,1H3,(H,28,30,31)/t25-/m0/s1. The molecule has 0 unspecified atom stereocenters. The van der Waals surface area contributed by atoms with E-state index in [-0.39, 0.29) is 16.9 Å². The zero-order valence-electron chi connectivity index (χ0n) is 19.4. The van der Waals surface area contributed by atoms with Crippen molar-refractivity contribution >= 4 is 22.9 Å². The van der Waals surface area contributed by atoms with Gasteiger partial charge in [-0.25, -0.2) is 0 Å². The normalized spacial score (nSPS) is 15.1. The van der Waals surface area contributed by atoms with E-state index >= 15 is 0 Å². The largest absolute Gasteiger partial charge is 0.508 e. The number of carbonyl (C=O) groups is 2. The summed E-state index contributed by atoms with van der Waals surface area (Å²) in [5, 5.41) is 10.9. The smallest absolute Gasteiger partial charge is 0.286 e. The first-order valence-corrected chi connectivity index (χ1v) is 12.4. The first-order valence-electron chi connectivity index (χ1n) is 11.5. The summed E-state index contributed by atoms with van der Waals surface area (Å²) >= 11 is 0.978. The van der Waals surface area contributed by atoms with E-state index in [0.29, 0.717) is 36.9 Å². The molecule has 1 aliphatic heterocycles. The quantitative estimate of drug-likeness (QED) is 0.316. The van der Waals surface area contributed by atoms with Crippen LogP contribution >= 0.6 is 11.8 Å². The summed E-state index contributed by atoms with van der Waals surface area (Å²) in [6, 6.07) is 19.6. The molecule has 0 aliphatic carbocycles. The third-order valence-corrected chi connectivity index (χ3v) is 6.33. The Morgan fingerprint density at radius 1 is 0.914 bits per heavy atom. The molecule has 1 atom stereocenters. The SMILES string of the molecule is CCCc1cc(Oc2ccc(O)cc2)ccc1OCCCOc1cccc([C@@H]2SC(=O)NC2=O)c1. The number of aromatic hydroxyl groups is 1. The Hall–Kier alpha value is -3.65. The minimum absolute atomic E-state index is 0.196. The Bertz CT molecular complexity index is 1180. The summed E-state index contributed by atoms with van der Waals surface area (Å²) in [7, 11) is 0. The molecule has 35 heavy (non-hydrogen) atoms. The number of hydrogen-bond acceptors (Lipinski definition) is 7. The van der Waals surface area contributed by atoms with Crippen molar-refractivity contribution in [3.63, 3.8) is 0 Å². The van der Waals surface area contributed by atoms with E-state index in [4.69, 9.17) is 14.2 Å². The lowest BCUT2D eigenvalue weighted by Crippen LogP contribution is -2.20. The molecule has 3 aromatic rings. The van der Waals surface area contributed by atoms with Crippen LogP contribution in [0.2, 0.25) is 0 Å². The number of amides is 2. The Labute approximate surface area is 208 Å². The number of phenols is 1. The van der Waals surface area contributed by atoms with Crippen molar-refractivity contribution in [2.24, 2.45) is 0 Å². The fourth-order valence-corrected chi connectivity index (χ4v) is 4.47. The molecule has 8 heteroatoms. The molecular formula is C27H27NO6S. The summed E-state index contributed by atoms with van der Waals surface area (Å²) in [4.78, 5) is 23.3. The van der Waals surface area contributed by atoms with Gasteiger partial charge in [-0.15, -0.1) is 0 Å². The molecule has 182 valence electrons. The van der Waals surface area contributed by atoms with Gasteiger partial charge in [0.25, 0.3) is 5.24 Å². The van der Waals surface area contributed by atoms with E-state index in [2.05, 4.69) is 12.2 Å². The summed E-state index contributed by atoms with van der Waals surface area (Å²) in [5.74, 6) is 2.73. The first kappa shape index (κ1) is 24.5. The second-order valence-corrected chi connectivity index (χ2v) is 9.09. The van der Waals surface area contributed by atoms with E-state index in [0.717, 1.165) is 41.5 Å². The van der Waals surface area contributed by atoms with Gasteiger partial charge in [0, 0.05) is 6.42 Å². The number of thioether (sulfide) groups is 1. The van der Waals surface area contributed by atoms with Crippen molar-refractivity contribution in [2.45, 2.75) is 31.4 Å². The molecule has 0 saturated carbocycles. The second-order valence-electron chi connectivity index (χ2n) is 8.01. The maximum atomic E-state index is 11.9. The number of rotatable bonds is 11. The van der Waals surface area contributed by atoms with Crippen molar-refractivity contribution in [2.75, 3.05) is 13.2 Å². The van der Waals surface area contributed by atoms with Gasteiger partial charge in [0.15, 0.2) is 0 Å². The predicted octanol–water partition coefficient (Wildman–Crippen LogP) is 6.01. The van der Waals surface area contributed by atoms with Gasteiger partial charge in [-0.1, -0.05) is 25.5 Å². The van der Waals surface area contributed by atoms with Crippen LogP contribution in [0.4, 0.5) is 4.79 Å². The second kappa shape index (κ2) is 11.7. The van der Waals surface area contributed by atoms with Crippen LogP contribution in [-0.4, -0.2) is 29.5 Å². The first-order chi connectivity index (χ1) is 17.0. The predicted molar refractivity (Wildman–Crippen MR) is 135 cm³/mol. The summed E-state index contributed by atoms with van der Waals surface area (Å²) < 4.78 is 17.7. The maximum absolute atomic E-state index is 11.9. The van der Waals surface area contributed by atoms with Gasteiger partial charge < -0.3 is 19.3 Å². The molecule has 1 heterocycles. The fourth-order valence-electron chi connectivity index (χ4n) is 3.65. The van der Waals surface area contributed by atoms with Crippen LogP contribution in [-0.2, 0) is 11.2 Å². The zero-order valence-corrected chi connectivity index (χ0v) is 20.2. The molecule has 0 bridgehead atoms. The molecule has 2 N–H and O–H groups in total. The number of phenolic OH excluding ortho intramolecular Hbond substituents is 1. The van der Waals surface area contributed by atoms with E-state index < -0.39 is 5.25 Å². The van der Waals surface area contributed by atoms with Crippen molar-refractivity contribution in [3.05, 3.63) is 77.9 Å². The summed E-state index contributed by atoms with van der Waals surface area (Å²) in [6.45, 7) is 3.06. The van der Waals surface area contributed by atoms with Crippen molar-refractivity contribution in [1.29, 1.82) is 0 Å². The number of hydrogen-bond donors (Lipinski definition) is 2. The minimum Gasteiger partial charge on any atom is -0.508 e. The molecule has 0 aromatic heterocycles. The highest BCUT2D eigenvalue weighted by Crippen LogP contribution is 2.35. The van der Waals surface area contributed by atoms with E-state index in [9.17, 15) is 14.7 Å². The lowest BCUT2D eigenvalue weighted by Gasteiger charge is -2.14. The number of aryl methyl sites for hydroxylation is 1. The maximum Gasteiger partial charge on any atom is 0.286 e. The van der Waals surface area contributed by atoms with E-state index in [1.807, 2.05) is 36.4 Å². The van der Waals surface area contributed by atoms with Gasteiger partial charge in [-0.05, 0) is 83.9 Å². The third-order valence-electron chi connectivity index (χ3n) is 5.29. The van der Waals surface area contributed by atoms with Gasteiger partial charge in [0.2, 0.25) is 5.91 Å². The molecular weight excluding hydrogens is 466 g/mol. The van der Waals surface area contributed by atoms with Crippen LogP contribution in [0.15, 0.2) is 66.7 Å². The molecule has 1 fully saturated rings. The molecule has 0 spiro atoms. The Morgan fingerprint density at radius 2 is 1.69 bits per heavy atom. The van der Waals surface area contributed by atoms with Gasteiger partial charge in [0.05, 0.1) is 13.2 Å². The Morgan fingerprint density at radius 3 is 2.43 bits per heavy atom. The van der Waals surface area contributed by atoms with Crippen molar-refractivity contribution in [3.8, 4) is 28.7 Å². The highest BCUT2D eigenvalue weighted by molar-refractivity contribution is 8.15. The van der Waals surface area contributed by atoms with E-state index in [1.165, 1.54) is 0 Å². The van der Waals surface area contributed by atoms with Crippen LogP contribution in [0.3, 0.4) is 0 Å². The third kappa shape index (κ3) is 6.70. The average molecular weight is 494 g/mol. The Balaban J connectivity index is 1.28. The average Bonchev–Trinajstić information content (AvgIpc) is 3.20. The lowest BCUT2D eigenvalue weighted by atomic mass is 10.1. The van der Waals surface area contributed by atoms with Crippen LogP contribution in [0.1, 0.15) is 36.1 Å². The molecule has 1 saturated heterocycles. The number of benzene rings is 3. The van der Waals surface area contributed by atoms with Gasteiger partial charge in [-0.2, -0.15) is 0 Å². The lowest BCUT2D eigenvalue weighted by molar-refractivity contribution is -0.119. The highest BCUT2D eigenvalue weighted by atomic mass is 32.2. The molecule has 0 radical (unpaired) electrons. The molecule has 4 rings (SSSR count). The Kier molecular flexibility index (Phi) is 8.15. The zero-order chi connectivity index (χ0) is 24.6. The van der Waals surface area contributed by atoms with Gasteiger partial charge in [-0.3, -0.25) is 14.9 Å². The van der Waals surface area contributed by atoms with E-state index in [1.54, 1.807) is 30.3 Å². The highest BCUT2D eigenvalue weighted by Gasteiger charge is 2.33.